The van der Waals surface area contributed by atoms with Gasteiger partial charge in [-0.3, -0.25) is 0 Å². The third kappa shape index (κ3) is 4.74. The van der Waals surface area contributed by atoms with Crippen molar-refractivity contribution >= 4 is 10.0 Å². The molecule has 2 aromatic carbocycles. The summed E-state index contributed by atoms with van der Waals surface area (Å²) in [5, 5.41) is 0. The van der Waals surface area contributed by atoms with E-state index in [2.05, 4.69) is 4.72 Å². The van der Waals surface area contributed by atoms with Gasteiger partial charge in [0.1, 0.15) is 18.1 Å². The minimum absolute atomic E-state index is 0.248. The zero-order chi connectivity index (χ0) is 18.6. The van der Waals surface area contributed by atoms with Crippen LogP contribution in [-0.2, 0) is 10.0 Å². The molecule has 0 saturated carbocycles. The van der Waals surface area contributed by atoms with Gasteiger partial charge in [-0.2, -0.15) is 0 Å². The first-order valence-electron chi connectivity index (χ1n) is 8.10. The Bertz CT molecular complexity index is 823. The first kappa shape index (κ1) is 19.3. The number of aryl methyl sites for hydroxylation is 3. The second-order valence-electron chi connectivity index (χ2n) is 6.19. The smallest absolute Gasteiger partial charge is 0.241 e. The summed E-state index contributed by atoms with van der Waals surface area (Å²) in [5.41, 5.74) is 2.31. The Morgan fingerprint density at radius 1 is 1.04 bits per heavy atom. The van der Waals surface area contributed by atoms with E-state index in [0.29, 0.717) is 16.9 Å². The zero-order valence-corrected chi connectivity index (χ0v) is 16.1. The summed E-state index contributed by atoms with van der Waals surface area (Å²) in [6.45, 7) is 7.51. The van der Waals surface area contributed by atoms with Crippen molar-refractivity contribution in [2.45, 2.75) is 38.6 Å². The molecule has 0 saturated heterocycles. The van der Waals surface area contributed by atoms with Crippen molar-refractivity contribution in [1.82, 2.24) is 4.72 Å². The van der Waals surface area contributed by atoms with E-state index in [9.17, 15) is 8.42 Å². The van der Waals surface area contributed by atoms with Crippen molar-refractivity contribution in [2.24, 2.45) is 0 Å². The maximum atomic E-state index is 12.8. The Morgan fingerprint density at radius 2 is 1.64 bits per heavy atom. The van der Waals surface area contributed by atoms with Crippen molar-refractivity contribution in [3.63, 3.8) is 0 Å². The van der Waals surface area contributed by atoms with Crippen LogP contribution in [0.25, 0.3) is 0 Å². The van der Waals surface area contributed by atoms with Gasteiger partial charge < -0.3 is 9.47 Å². The van der Waals surface area contributed by atoms with E-state index in [1.807, 2.05) is 31.2 Å². The highest BCUT2D eigenvalue weighted by molar-refractivity contribution is 7.89. The van der Waals surface area contributed by atoms with Crippen LogP contribution in [0.3, 0.4) is 0 Å². The zero-order valence-electron chi connectivity index (χ0n) is 15.3. The Labute approximate surface area is 150 Å². The molecule has 0 aliphatic carbocycles. The molecule has 0 aromatic heterocycles. The molecule has 0 aliphatic heterocycles. The third-order valence-corrected chi connectivity index (χ3v) is 5.77. The third-order valence-electron chi connectivity index (χ3n) is 3.88. The summed E-state index contributed by atoms with van der Waals surface area (Å²) in [6, 6.07) is 10.7. The largest absolute Gasteiger partial charge is 0.497 e. The first-order chi connectivity index (χ1) is 11.7. The molecule has 0 radical (unpaired) electrons. The lowest BCUT2D eigenvalue weighted by Gasteiger charge is -2.18. The normalized spacial score (nSPS) is 12.7. The van der Waals surface area contributed by atoms with Gasteiger partial charge in [0, 0.05) is 0 Å². The molecule has 1 N–H and O–H groups in total. The van der Waals surface area contributed by atoms with Crippen molar-refractivity contribution in [3.8, 4) is 11.5 Å². The molecule has 25 heavy (non-hydrogen) atoms. The second kappa shape index (κ2) is 7.89. The summed E-state index contributed by atoms with van der Waals surface area (Å²) in [4.78, 5) is 0.288. The van der Waals surface area contributed by atoms with E-state index in [-0.39, 0.29) is 17.5 Å². The number of hydrogen-bond acceptors (Lipinski definition) is 4. The fraction of sp³-hybridized carbons (Fsp3) is 0.368. The number of sulfonamides is 1. The summed E-state index contributed by atoms with van der Waals surface area (Å²) in [5.74, 6) is 1.40. The summed E-state index contributed by atoms with van der Waals surface area (Å²) in [6.07, 6.45) is 0. The van der Waals surface area contributed by atoms with Crippen LogP contribution in [0.2, 0.25) is 0 Å². The van der Waals surface area contributed by atoms with Crippen LogP contribution in [0.5, 0.6) is 11.5 Å². The van der Waals surface area contributed by atoms with Gasteiger partial charge in [-0.05, 0) is 62.6 Å². The number of nitrogens with one attached hydrogen (secondary N) is 1. The van der Waals surface area contributed by atoms with Gasteiger partial charge in [0.2, 0.25) is 10.0 Å². The van der Waals surface area contributed by atoms with Gasteiger partial charge in [-0.15, -0.1) is 0 Å². The fourth-order valence-corrected chi connectivity index (χ4v) is 4.42. The van der Waals surface area contributed by atoms with Gasteiger partial charge >= 0.3 is 0 Å². The van der Waals surface area contributed by atoms with Crippen LogP contribution >= 0.6 is 0 Å². The average molecular weight is 363 g/mol. The maximum absolute atomic E-state index is 12.8. The molecule has 1 atom stereocenters. The molecule has 2 aromatic rings. The molecule has 0 amide bonds. The molecular formula is C19H25NO4S. The topological polar surface area (TPSA) is 64.6 Å². The molecule has 5 nitrogen and oxygen atoms in total. The molecule has 136 valence electrons. The Morgan fingerprint density at radius 3 is 2.20 bits per heavy atom. The lowest BCUT2D eigenvalue weighted by Crippen LogP contribution is -2.37. The van der Waals surface area contributed by atoms with Gasteiger partial charge in [0.15, 0.2) is 0 Å². The predicted octanol–water partition coefficient (Wildman–Crippen LogP) is 3.37. The van der Waals surface area contributed by atoms with Crippen LogP contribution in [0.1, 0.15) is 23.6 Å². The van der Waals surface area contributed by atoms with Gasteiger partial charge in [-0.25, -0.2) is 13.1 Å². The summed E-state index contributed by atoms with van der Waals surface area (Å²) < 4.78 is 39.1. The van der Waals surface area contributed by atoms with Gasteiger partial charge in [0.25, 0.3) is 0 Å². The van der Waals surface area contributed by atoms with E-state index in [1.54, 1.807) is 40.0 Å². The van der Waals surface area contributed by atoms with Crippen molar-refractivity contribution in [2.75, 3.05) is 13.7 Å². The molecule has 0 heterocycles. The first-order valence-corrected chi connectivity index (χ1v) is 9.59. The van der Waals surface area contributed by atoms with E-state index < -0.39 is 10.0 Å². The standard InChI is InChI=1S/C19H25NO4S/c1-13-8-6-7-9-18(13)24-12-16(4)20-25(21,22)19-14(2)10-17(23-5)11-15(19)3/h6-11,16,20H,12H2,1-5H3. The predicted molar refractivity (Wildman–Crippen MR) is 98.9 cm³/mol. The highest BCUT2D eigenvalue weighted by Crippen LogP contribution is 2.25. The lowest BCUT2D eigenvalue weighted by atomic mass is 10.1. The van der Waals surface area contributed by atoms with Crippen molar-refractivity contribution < 1.29 is 17.9 Å². The Balaban J connectivity index is 2.12. The van der Waals surface area contributed by atoms with E-state index in [4.69, 9.17) is 9.47 Å². The van der Waals surface area contributed by atoms with Crippen LogP contribution in [0, 0.1) is 20.8 Å². The molecular weight excluding hydrogens is 338 g/mol. The quantitative estimate of drug-likeness (QED) is 0.819. The van der Waals surface area contributed by atoms with Crippen molar-refractivity contribution in [1.29, 1.82) is 0 Å². The van der Waals surface area contributed by atoms with Crippen LogP contribution in [-0.4, -0.2) is 28.2 Å². The van der Waals surface area contributed by atoms with Crippen LogP contribution in [0.4, 0.5) is 0 Å². The maximum Gasteiger partial charge on any atom is 0.241 e. The number of rotatable bonds is 7. The molecule has 0 fully saturated rings. The number of methoxy groups -OCH3 is 1. The summed E-state index contributed by atoms with van der Waals surface area (Å²) in [7, 11) is -2.08. The number of hydrogen-bond donors (Lipinski definition) is 1. The van der Waals surface area contributed by atoms with Crippen LogP contribution in [0.15, 0.2) is 41.3 Å². The monoisotopic (exact) mass is 363 g/mol. The van der Waals surface area contributed by atoms with Crippen molar-refractivity contribution in [3.05, 3.63) is 53.1 Å². The minimum Gasteiger partial charge on any atom is -0.497 e. The number of ether oxygens (including phenoxy) is 2. The lowest BCUT2D eigenvalue weighted by molar-refractivity contribution is 0.285. The van der Waals surface area contributed by atoms with E-state index >= 15 is 0 Å². The van der Waals surface area contributed by atoms with Gasteiger partial charge in [-0.1, -0.05) is 18.2 Å². The number of para-hydroxylation sites is 1. The van der Waals surface area contributed by atoms with Gasteiger partial charge in [0.05, 0.1) is 18.0 Å². The minimum atomic E-state index is -3.65. The van der Waals surface area contributed by atoms with Crippen LogP contribution < -0.4 is 14.2 Å². The summed E-state index contributed by atoms with van der Waals surface area (Å²) >= 11 is 0. The SMILES string of the molecule is COc1cc(C)c(S(=O)(=O)NC(C)COc2ccccc2C)c(C)c1. The van der Waals surface area contributed by atoms with E-state index in [1.165, 1.54) is 0 Å². The highest BCUT2D eigenvalue weighted by atomic mass is 32.2. The molecule has 0 aliphatic rings. The Kier molecular flexibility index (Phi) is 6.08. The average Bonchev–Trinajstić information content (AvgIpc) is 2.52. The highest BCUT2D eigenvalue weighted by Gasteiger charge is 2.23. The fourth-order valence-electron chi connectivity index (χ4n) is 2.74. The molecule has 0 spiro atoms. The number of benzene rings is 2. The molecule has 2 rings (SSSR count). The molecule has 1 unspecified atom stereocenters. The molecule has 0 bridgehead atoms. The molecule has 6 heteroatoms. The second-order valence-corrected chi connectivity index (χ2v) is 7.84. The van der Waals surface area contributed by atoms with E-state index in [0.717, 1.165) is 11.3 Å². The Hall–Kier alpha value is -2.05.